The highest BCUT2D eigenvalue weighted by molar-refractivity contribution is 4.80. The molecule has 0 unspecified atom stereocenters. The second-order valence-corrected chi connectivity index (χ2v) is 5.72. The Bertz CT molecular complexity index is 162. The molecule has 0 amide bonds. The van der Waals surface area contributed by atoms with E-state index >= 15 is 0 Å². The van der Waals surface area contributed by atoms with E-state index in [0.29, 0.717) is 11.5 Å². The maximum Gasteiger partial charge on any atom is 0.0693 e. The molecular weight excluding hydrogens is 174 g/mol. The molecule has 1 saturated carbocycles. The summed E-state index contributed by atoms with van der Waals surface area (Å²) >= 11 is 0. The van der Waals surface area contributed by atoms with Crippen molar-refractivity contribution in [1.82, 2.24) is 5.32 Å². The lowest BCUT2D eigenvalue weighted by Gasteiger charge is -2.29. The third kappa shape index (κ3) is 4.43. The van der Waals surface area contributed by atoms with Crippen molar-refractivity contribution in [1.29, 1.82) is 0 Å². The van der Waals surface area contributed by atoms with Gasteiger partial charge < -0.3 is 10.4 Å². The first-order valence-electron chi connectivity index (χ1n) is 5.90. The van der Waals surface area contributed by atoms with Gasteiger partial charge >= 0.3 is 0 Å². The van der Waals surface area contributed by atoms with E-state index in [1.807, 2.05) is 0 Å². The monoisotopic (exact) mass is 199 g/mol. The molecule has 2 N–H and O–H groups in total. The van der Waals surface area contributed by atoms with Crippen LogP contribution in [0.2, 0.25) is 0 Å². The molecule has 1 rings (SSSR count). The van der Waals surface area contributed by atoms with Crippen LogP contribution in [0.15, 0.2) is 0 Å². The molecule has 0 heterocycles. The molecule has 1 aliphatic rings. The van der Waals surface area contributed by atoms with E-state index in [0.717, 1.165) is 19.4 Å². The summed E-state index contributed by atoms with van der Waals surface area (Å²) in [6, 6.07) is 0.353. The number of aliphatic hydroxyl groups excluding tert-OH is 1. The molecular formula is C12H25NO. The molecule has 0 spiro atoms. The highest BCUT2D eigenvalue weighted by Crippen LogP contribution is 2.20. The maximum atomic E-state index is 9.74. The summed E-state index contributed by atoms with van der Waals surface area (Å²) < 4.78 is 0. The van der Waals surface area contributed by atoms with Gasteiger partial charge in [-0.3, -0.25) is 0 Å². The molecule has 2 nitrogen and oxygen atoms in total. The lowest BCUT2D eigenvalue weighted by Crippen LogP contribution is -2.43. The summed E-state index contributed by atoms with van der Waals surface area (Å²) in [7, 11) is 0. The molecule has 0 saturated heterocycles. The highest BCUT2D eigenvalue weighted by atomic mass is 16.3. The Labute approximate surface area is 88.1 Å². The molecule has 0 radical (unpaired) electrons. The van der Waals surface area contributed by atoms with E-state index in [9.17, 15) is 5.11 Å². The smallest absolute Gasteiger partial charge is 0.0693 e. The first-order valence-corrected chi connectivity index (χ1v) is 5.90. The Hall–Kier alpha value is -0.0800. The summed E-state index contributed by atoms with van der Waals surface area (Å²) in [6.07, 6.45) is 5.65. The van der Waals surface area contributed by atoms with Crippen molar-refractivity contribution < 1.29 is 5.11 Å². The van der Waals surface area contributed by atoms with Gasteiger partial charge in [-0.25, -0.2) is 0 Å². The van der Waals surface area contributed by atoms with Gasteiger partial charge in [-0.15, -0.1) is 0 Å². The zero-order valence-corrected chi connectivity index (χ0v) is 9.84. The number of rotatable bonds is 3. The van der Waals surface area contributed by atoms with Gasteiger partial charge in [-0.1, -0.05) is 33.6 Å². The molecule has 2 heteroatoms. The molecule has 0 aromatic carbocycles. The molecule has 0 aromatic heterocycles. The van der Waals surface area contributed by atoms with Gasteiger partial charge in [0.05, 0.1) is 6.10 Å². The second-order valence-electron chi connectivity index (χ2n) is 5.72. The average Bonchev–Trinajstić information content (AvgIpc) is 2.06. The zero-order chi connectivity index (χ0) is 10.6. The third-order valence-corrected chi connectivity index (χ3v) is 3.01. The molecule has 84 valence electrons. The third-order valence-electron chi connectivity index (χ3n) is 3.01. The van der Waals surface area contributed by atoms with Crippen molar-refractivity contribution in [3.8, 4) is 0 Å². The van der Waals surface area contributed by atoms with Crippen molar-refractivity contribution in [3.05, 3.63) is 0 Å². The molecule has 14 heavy (non-hydrogen) atoms. The summed E-state index contributed by atoms with van der Waals surface area (Å²) in [5.74, 6) is 0. The lowest BCUT2D eigenvalue weighted by molar-refractivity contribution is 0.0895. The van der Waals surface area contributed by atoms with Crippen molar-refractivity contribution in [2.24, 2.45) is 5.41 Å². The van der Waals surface area contributed by atoms with Crippen LogP contribution in [-0.2, 0) is 0 Å². The van der Waals surface area contributed by atoms with Crippen LogP contribution >= 0.6 is 0 Å². The van der Waals surface area contributed by atoms with Gasteiger partial charge in [0.25, 0.3) is 0 Å². The maximum absolute atomic E-state index is 9.74. The Kier molecular flexibility index (Phi) is 4.39. The minimum atomic E-state index is -0.108. The minimum Gasteiger partial charge on any atom is -0.392 e. The Morgan fingerprint density at radius 2 is 1.86 bits per heavy atom. The Balaban J connectivity index is 2.17. The standard InChI is InChI=1S/C12H25NO/c1-12(2,3)8-9-13-10-6-4-5-7-11(10)14/h10-11,13-14H,4-9H2,1-3H3/t10-,11-/m0/s1. The van der Waals surface area contributed by atoms with Crippen molar-refractivity contribution in [3.63, 3.8) is 0 Å². The second kappa shape index (κ2) is 5.13. The van der Waals surface area contributed by atoms with Crippen LogP contribution in [0.3, 0.4) is 0 Å². The van der Waals surface area contributed by atoms with E-state index < -0.39 is 0 Å². The van der Waals surface area contributed by atoms with Crippen LogP contribution in [0.4, 0.5) is 0 Å². The fourth-order valence-electron chi connectivity index (χ4n) is 1.98. The number of nitrogens with one attached hydrogen (secondary N) is 1. The van der Waals surface area contributed by atoms with E-state index in [4.69, 9.17) is 0 Å². The van der Waals surface area contributed by atoms with E-state index in [2.05, 4.69) is 26.1 Å². The fraction of sp³-hybridized carbons (Fsp3) is 1.00. The van der Waals surface area contributed by atoms with Crippen LogP contribution in [0, 0.1) is 5.41 Å². The minimum absolute atomic E-state index is 0.108. The largest absolute Gasteiger partial charge is 0.392 e. The lowest BCUT2D eigenvalue weighted by atomic mass is 9.90. The molecule has 1 aliphatic carbocycles. The van der Waals surface area contributed by atoms with Crippen LogP contribution in [0.25, 0.3) is 0 Å². The van der Waals surface area contributed by atoms with Crippen LogP contribution in [0.1, 0.15) is 52.9 Å². The Morgan fingerprint density at radius 3 is 2.43 bits per heavy atom. The van der Waals surface area contributed by atoms with Gasteiger partial charge in [-0.05, 0) is 31.2 Å². The Morgan fingerprint density at radius 1 is 1.21 bits per heavy atom. The van der Waals surface area contributed by atoms with E-state index in [1.54, 1.807) is 0 Å². The molecule has 0 aromatic rings. The van der Waals surface area contributed by atoms with Gasteiger partial charge in [-0.2, -0.15) is 0 Å². The summed E-state index contributed by atoms with van der Waals surface area (Å²) in [5, 5.41) is 13.2. The van der Waals surface area contributed by atoms with E-state index in [-0.39, 0.29) is 6.10 Å². The zero-order valence-electron chi connectivity index (χ0n) is 9.84. The summed E-state index contributed by atoms with van der Waals surface area (Å²) in [4.78, 5) is 0. The van der Waals surface area contributed by atoms with Crippen molar-refractivity contribution in [2.45, 2.75) is 65.0 Å². The van der Waals surface area contributed by atoms with Crippen molar-refractivity contribution >= 4 is 0 Å². The molecule has 0 bridgehead atoms. The first-order chi connectivity index (χ1) is 6.49. The van der Waals surface area contributed by atoms with Crippen LogP contribution in [-0.4, -0.2) is 23.8 Å². The quantitative estimate of drug-likeness (QED) is 0.731. The van der Waals surface area contributed by atoms with Gasteiger partial charge in [0.2, 0.25) is 0 Å². The van der Waals surface area contributed by atoms with Crippen LogP contribution in [0.5, 0.6) is 0 Å². The van der Waals surface area contributed by atoms with Gasteiger partial charge in [0.15, 0.2) is 0 Å². The fourth-order valence-corrected chi connectivity index (χ4v) is 1.98. The normalized spacial score (nSPS) is 29.1. The summed E-state index contributed by atoms with van der Waals surface area (Å²) in [5.41, 5.74) is 0.395. The predicted molar refractivity (Wildman–Crippen MR) is 60.3 cm³/mol. The van der Waals surface area contributed by atoms with Gasteiger partial charge in [0.1, 0.15) is 0 Å². The molecule has 1 fully saturated rings. The SMILES string of the molecule is CC(C)(C)CCN[C@H]1CCCC[C@@H]1O. The van der Waals surface area contributed by atoms with Crippen LogP contribution < -0.4 is 5.32 Å². The van der Waals surface area contributed by atoms with Gasteiger partial charge in [0, 0.05) is 6.04 Å². The molecule has 2 atom stereocenters. The number of hydrogen-bond donors (Lipinski definition) is 2. The average molecular weight is 199 g/mol. The molecule has 0 aliphatic heterocycles. The predicted octanol–water partition coefficient (Wildman–Crippen LogP) is 2.32. The van der Waals surface area contributed by atoms with Crippen molar-refractivity contribution in [2.75, 3.05) is 6.54 Å². The first kappa shape index (κ1) is 12.0. The highest BCUT2D eigenvalue weighted by Gasteiger charge is 2.22. The van der Waals surface area contributed by atoms with E-state index in [1.165, 1.54) is 19.3 Å². The summed E-state index contributed by atoms with van der Waals surface area (Å²) in [6.45, 7) is 7.80. The number of aliphatic hydroxyl groups is 1. The topological polar surface area (TPSA) is 32.3 Å². The number of hydrogen-bond acceptors (Lipinski definition) is 2.